The van der Waals surface area contributed by atoms with E-state index in [9.17, 15) is 4.79 Å². The molecule has 1 atom stereocenters. The second-order valence-electron chi connectivity index (χ2n) is 3.93. The number of thiophene rings is 1. The molecular formula is C12H17N3OS. The Morgan fingerprint density at radius 1 is 1.59 bits per heavy atom. The van der Waals surface area contributed by atoms with Crippen LogP contribution in [0.25, 0.3) is 0 Å². The fraction of sp³-hybridized carbons (Fsp3) is 0.500. The molecule has 0 saturated heterocycles. The van der Waals surface area contributed by atoms with Gasteiger partial charge in [0.15, 0.2) is 0 Å². The van der Waals surface area contributed by atoms with Crippen LogP contribution >= 0.6 is 11.3 Å². The number of aryl methyl sites for hydroxylation is 1. The Balaban J connectivity index is 2.93. The van der Waals surface area contributed by atoms with Crippen molar-refractivity contribution in [3.63, 3.8) is 0 Å². The molecule has 0 bridgehead atoms. The molecule has 92 valence electrons. The van der Waals surface area contributed by atoms with Crippen molar-refractivity contribution in [3.8, 4) is 6.07 Å². The standard InChI is InChI=1S/C12H17N3OS/c1-4-9(5-13)11(16)15-12-10(6-14)7(2)8(3)17-12/h9H,4-5,13H2,1-3H3,(H,15,16). The number of nitrogens with zero attached hydrogens (tertiary/aromatic N) is 1. The summed E-state index contributed by atoms with van der Waals surface area (Å²) in [7, 11) is 0. The number of hydrogen-bond acceptors (Lipinski definition) is 4. The smallest absolute Gasteiger partial charge is 0.229 e. The Morgan fingerprint density at radius 3 is 2.71 bits per heavy atom. The topological polar surface area (TPSA) is 78.9 Å². The van der Waals surface area contributed by atoms with Gasteiger partial charge in [-0.15, -0.1) is 11.3 Å². The Morgan fingerprint density at radius 2 is 2.24 bits per heavy atom. The van der Waals surface area contributed by atoms with E-state index in [1.807, 2.05) is 20.8 Å². The molecule has 1 heterocycles. The molecule has 0 aliphatic heterocycles. The zero-order valence-electron chi connectivity index (χ0n) is 10.3. The first-order chi connectivity index (χ1) is 8.04. The Hall–Kier alpha value is -1.38. The third kappa shape index (κ3) is 2.84. The highest BCUT2D eigenvalue weighted by molar-refractivity contribution is 7.16. The molecule has 1 unspecified atom stereocenters. The maximum absolute atomic E-state index is 11.9. The SMILES string of the molecule is CCC(CN)C(=O)Nc1sc(C)c(C)c1C#N. The number of nitrogens with two attached hydrogens (primary N) is 1. The van der Waals surface area contributed by atoms with Crippen LogP contribution in [0.3, 0.4) is 0 Å². The molecule has 0 fully saturated rings. The van der Waals surface area contributed by atoms with Crippen LogP contribution in [0.5, 0.6) is 0 Å². The summed E-state index contributed by atoms with van der Waals surface area (Å²) in [5.74, 6) is -0.294. The molecule has 1 amide bonds. The normalized spacial score (nSPS) is 11.9. The number of amides is 1. The van der Waals surface area contributed by atoms with Gasteiger partial charge in [-0.3, -0.25) is 4.79 Å². The van der Waals surface area contributed by atoms with Crippen LogP contribution in [0.4, 0.5) is 5.00 Å². The highest BCUT2D eigenvalue weighted by Crippen LogP contribution is 2.31. The first kappa shape index (κ1) is 13.7. The van der Waals surface area contributed by atoms with E-state index >= 15 is 0 Å². The number of carbonyl (C=O) groups is 1. The zero-order valence-corrected chi connectivity index (χ0v) is 11.1. The largest absolute Gasteiger partial charge is 0.330 e. The third-order valence-corrected chi connectivity index (χ3v) is 4.00. The van der Waals surface area contributed by atoms with Crippen molar-refractivity contribution in [1.82, 2.24) is 0 Å². The van der Waals surface area contributed by atoms with E-state index in [1.165, 1.54) is 11.3 Å². The summed E-state index contributed by atoms with van der Waals surface area (Å²) in [5.41, 5.74) is 7.02. The van der Waals surface area contributed by atoms with E-state index in [-0.39, 0.29) is 11.8 Å². The molecule has 5 heteroatoms. The van der Waals surface area contributed by atoms with E-state index in [2.05, 4.69) is 11.4 Å². The van der Waals surface area contributed by atoms with Crippen LogP contribution in [-0.4, -0.2) is 12.5 Å². The fourth-order valence-corrected chi connectivity index (χ4v) is 2.54. The monoisotopic (exact) mass is 251 g/mol. The molecule has 0 saturated carbocycles. The minimum atomic E-state index is -0.191. The molecular weight excluding hydrogens is 234 g/mol. The highest BCUT2D eigenvalue weighted by atomic mass is 32.1. The molecule has 17 heavy (non-hydrogen) atoms. The van der Waals surface area contributed by atoms with Gasteiger partial charge in [0.25, 0.3) is 0 Å². The molecule has 0 radical (unpaired) electrons. The molecule has 0 spiro atoms. The van der Waals surface area contributed by atoms with Crippen LogP contribution in [0.2, 0.25) is 0 Å². The van der Waals surface area contributed by atoms with E-state index in [4.69, 9.17) is 11.0 Å². The predicted octanol–water partition coefficient (Wildman–Crippen LogP) is 2.16. The van der Waals surface area contributed by atoms with Gasteiger partial charge in [-0.05, 0) is 25.8 Å². The van der Waals surface area contributed by atoms with Crippen molar-refractivity contribution in [2.24, 2.45) is 11.7 Å². The Kier molecular flexibility index (Phi) is 4.67. The van der Waals surface area contributed by atoms with Crippen LogP contribution < -0.4 is 11.1 Å². The number of nitriles is 1. The Labute approximate surface area is 105 Å². The van der Waals surface area contributed by atoms with E-state index in [1.54, 1.807) is 0 Å². The minimum Gasteiger partial charge on any atom is -0.330 e. The average molecular weight is 251 g/mol. The number of anilines is 1. The van der Waals surface area contributed by atoms with Crippen LogP contribution in [-0.2, 0) is 4.79 Å². The molecule has 1 aromatic rings. The van der Waals surface area contributed by atoms with Gasteiger partial charge in [-0.1, -0.05) is 6.92 Å². The van der Waals surface area contributed by atoms with Gasteiger partial charge >= 0.3 is 0 Å². The molecule has 0 aliphatic carbocycles. The first-order valence-electron chi connectivity index (χ1n) is 5.56. The minimum absolute atomic E-state index is 0.104. The summed E-state index contributed by atoms with van der Waals surface area (Å²) in [5, 5.41) is 12.5. The summed E-state index contributed by atoms with van der Waals surface area (Å²) in [6.07, 6.45) is 0.702. The van der Waals surface area contributed by atoms with Gasteiger partial charge < -0.3 is 11.1 Å². The lowest BCUT2D eigenvalue weighted by molar-refractivity contribution is -0.119. The second kappa shape index (κ2) is 5.80. The van der Waals surface area contributed by atoms with Gasteiger partial charge in [0, 0.05) is 11.4 Å². The maximum Gasteiger partial charge on any atom is 0.229 e. The summed E-state index contributed by atoms with van der Waals surface area (Å²) in [6, 6.07) is 2.13. The van der Waals surface area contributed by atoms with Crippen molar-refractivity contribution >= 4 is 22.2 Å². The first-order valence-corrected chi connectivity index (χ1v) is 6.37. The lowest BCUT2D eigenvalue weighted by Gasteiger charge is -2.11. The maximum atomic E-state index is 11.9. The van der Waals surface area contributed by atoms with Gasteiger partial charge in [0.05, 0.1) is 11.5 Å². The highest BCUT2D eigenvalue weighted by Gasteiger charge is 2.19. The van der Waals surface area contributed by atoms with Crippen LogP contribution in [0, 0.1) is 31.1 Å². The molecule has 1 rings (SSSR count). The van der Waals surface area contributed by atoms with Gasteiger partial charge in [-0.2, -0.15) is 5.26 Å². The summed E-state index contributed by atoms with van der Waals surface area (Å²) in [6.45, 7) is 6.08. The number of hydrogen-bond donors (Lipinski definition) is 2. The molecule has 1 aromatic heterocycles. The van der Waals surface area contributed by atoms with E-state index < -0.39 is 0 Å². The summed E-state index contributed by atoms with van der Waals surface area (Å²) in [4.78, 5) is 12.9. The average Bonchev–Trinajstić information content (AvgIpc) is 2.56. The van der Waals surface area contributed by atoms with Crippen molar-refractivity contribution in [2.45, 2.75) is 27.2 Å². The molecule has 3 N–H and O–H groups in total. The molecule has 4 nitrogen and oxygen atoms in total. The van der Waals surface area contributed by atoms with Gasteiger partial charge in [0.1, 0.15) is 11.1 Å². The van der Waals surface area contributed by atoms with Crippen molar-refractivity contribution in [3.05, 3.63) is 16.0 Å². The van der Waals surface area contributed by atoms with Gasteiger partial charge in [-0.25, -0.2) is 0 Å². The predicted molar refractivity (Wildman–Crippen MR) is 70.0 cm³/mol. The summed E-state index contributed by atoms with van der Waals surface area (Å²) < 4.78 is 0. The van der Waals surface area contributed by atoms with Crippen molar-refractivity contribution in [1.29, 1.82) is 5.26 Å². The van der Waals surface area contributed by atoms with E-state index in [0.717, 1.165) is 10.4 Å². The quantitative estimate of drug-likeness (QED) is 0.860. The molecule has 0 aromatic carbocycles. The molecule has 0 aliphatic rings. The van der Waals surface area contributed by atoms with Gasteiger partial charge in [0.2, 0.25) is 5.91 Å². The Bertz CT molecular complexity index is 455. The summed E-state index contributed by atoms with van der Waals surface area (Å²) >= 11 is 1.44. The second-order valence-corrected chi connectivity index (χ2v) is 5.15. The number of nitrogens with one attached hydrogen (secondary N) is 1. The zero-order chi connectivity index (χ0) is 13.0. The van der Waals surface area contributed by atoms with E-state index in [0.29, 0.717) is 23.5 Å². The number of carbonyl (C=O) groups excluding carboxylic acids is 1. The van der Waals surface area contributed by atoms with Crippen molar-refractivity contribution in [2.75, 3.05) is 11.9 Å². The van der Waals surface area contributed by atoms with Crippen molar-refractivity contribution < 1.29 is 4.79 Å². The lowest BCUT2D eigenvalue weighted by Crippen LogP contribution is -2.28. The third-order valence-electron chi connectivity index (χ3n) is 2.88. The number of rotatable bonds is 4. The lowest BCUT2D eigenvalue weighted by atomic mass is 10.1. The van der Waals surface area contributed by atoms with Crippen LogP contribution in [0.15, 0.2) is 0 Å². The fourth-order valence-electron chi connectivity index (χ4n) is 1.52. The van der Waals surface area contributed by atoms with Crippen LogP contribution in [0.1, 0.15) is 29.3 Å².